The van der Waals surface area contributed by atoms with E-state index in [4.69, 9.17) is 4.74 Å². The minimum absolute atomic E-state index is 0.0272. The van der Waals surface area contributed by atoms with E-state index in [0.29, 0.717) is 45.2 Å². The first-order chi connectivity index (χ1) is 16.3. The summed E-state index contributed by atoms with van der Waals surface area (Å²) in [6, 6.07) is 8.82. The van der Waals surface area contributed by atoms with E-state index in [0.717, 1.165) is 5.56 Å². The number of hydrogen-bond acceptors (Lipinski definition) is 5. The van der Waals surface area contributed by atoms with Crippen LogP contribution in [0.2, 0.25) is 0 Å². The molecule has 0 aliphatic carbocycles. The van der Waals surface area contributed by atoms with Crippen LogP contribution in [0.3, 0.4) is 0 Å². The summed E-state index contributed by atoms with van der Waals surface area (Å²) in [5.41, 5.74) is -0.757. The molecule has 0 aromatic heterocycles. The van der Waals surface area contributed by atoms with Gasteiger partial charge in [-0.3, -0.25) is 14.4 Å². The number of aliphatic hydroxyl groups excluding tert-OH is 1. The van der Waals surface area contributed by atoms with Crippen LogP contribution in [0, 0.1) is 11.8 Å². The maximum Gasteiger partial charge on any atom is 0.246 e. The largest absolute Gasteiger partial charge is 0.396 e. The molecule has 186 valence electrons. The third-order valence-corrected chi connectivity index (χ3v) is 7.76. The van der Waals surface area contributed by atoms with Gasteiger partial charge in [0.15, 0.2) is 0 Å². The second kappa shape index (κ2) is 9.66. The first kappa shape index (κ1) is 24.7. The van der Waals surface area contributed by atoms with Gasteiger partial charge in [0.1, 0.15) is 11.6 Å². The predicted molar refractivity (Wildman–Crippen MR) is 126 cm³/mol. The van der Waals surface area contributed by atoms with E-state index >= 15 is 0 Å². The maximum absolute atomic E-state index is 13.8. The molecule has 3 saturated heterocycles. The van der Waals surface area contributed by atoms with Crippen LogP contribution in [0.1, 0.15) is 58.4 Å². The fourth-order valence-corrected chi connectivity index (χ4v) is 6.31. The monoisotopic (exact) mass is 471 g/mol. The molecule has 3 fully saturated rings. The van der Waals surface area contributed by atoms with Crippen molar-refractivity contribution in [1.82, 2.24) is 15.5 Å². The highest BCUT2D eigenvalue weighted by atomic mass is 16.5. The molecule has 2 unspecified atom stereocenters. The molecule has 3 heterocycles. The second-order valence-electron chi connectivity index (χ2n) is 10.2. The standard InChI is InChI=1S/C26H37N3O5/c1-4-25-12-13-26(34-25)20(19(25)22(31)27-16-18-10-6-5-7-11-18)24(33)29(14-8-9-15-30)21(26)23(32)28-17(2)3/h5-7,10-11,17,19-21,30H,4,8-9,12-16H2,1-3H3,(H,27,31)(H,28,32)/t19-,20+,21?,25+,26?/m1/s1. The maximum atomic E-state index is 13.8. The van der Waals surface area contributed by atoms with Crippen molar-refractivity contribution < 1.29 is 24.2 Å². The van der Waals surface area contributed by atoms with E-state index < -0.39 is 29.1 Å². The van der Waals surface area contributed by atoms with Gasteiger partial charge in [0.05, 0.1) is 17.4 Å². The molecule has 1 spiro atoms. The Kier molecular flexibility index (Phi) is 7.01. The van der Waals surface area contributed by atoms with Gasteiger partial charge in [-0.15, -0.1) is 0 Å². The first-order valence-electron chi connectivity index (χ1n) is 12.5. The van der Waals surface area contributed by atoms with Crippen LogP contribution < -0.4 is 10.6 Å². The van der Waals surface area contributed by atoms with E-state index in [2.05, 4.69) is 10.6 Å². The van der Waals surface area contributed by atoms with E-state index in [1.807, 2.05) is 51.1 Å². The van der Waals surface area contributed by atoms with E-state index in [1.54, 1.807) is 4.90 Å². The number of nitrogens with zero attached hydrogens (tertiary/aromatic N) is 1. The quantitative estimate of drug-likeness (QED) is 0.451. The lowest BCUT2D eigenvalue weighted by molar-refractivity contribution is -0.148. The van der Waals surface area contributed by atoms with Gasteiger partial charge >= 0.3 is 0 Å². The van der Waals surface area contributed by atoms with Gasteiger partial charge in [-0.1, -0.05) is 37.3 Å². The molecule has 34 heavy (non-hydrogen) atoms. The van der Waals surface area contributed by atoms with Gasteiger partial charge < -0.3 is 25.4 Å². The predicted octanol–water partition coefficient (Wildman–Crippen LogP) is 1.75. The number of amides is 3. The number of benzene rings is 1. The molecule has 3 amide bonds. The number of ether oxygens (including phenoxy) is 1. The molecule has 1 aromatic rings. The minimum atomic E-state index is -1.000. The van der Waals surface area contributed by atoms with Crippen LogP contribution in [-0.2, 0) is 25.7 Å². The molecule has 8 nitrogen and oxygen atoms in total. The SMILES string of the molecule is CC[C@@]12CCC3(O1)C(C(=O)NC(C)C)N(CCCCO)C(=O)[C@@H]3[C@@H]2C(=O)NCc1ccccc1. The summed E-state index contributed by atoms with van der Waals surface area (Å²) in [6.45, 7) is 6.53. The Hall–Kier alpha value is -2.45. The van der Waals surface area contributed by atoms with Gasteiger partial charge in [-0.05, 0) is 51.5 Å². The highest BCUT2D eigenvalue weighted by Gasteiger charge is 2.78. The van der Waals surface area contributed by atoms with Crippen molar-refractivity contribution in [2.45, 2.75) is 82.7 Å². The Balaban J connectivity index is 1.65. The van der Waals surface area contributed by atoms with Crippen molar-refractivity contribution in [3.8, 4) is 0 Å². The third kappa shape index (κ3) is 4.01. The molecule has 3 aliphatic rings. The minimum Gasteiger partial charge on any atom is -0.396 e. The molecule has 4 rings (SSSR count). The van der Waals surface area contributed by atoms with Crippen molar-refractivity contribution in [3.05, 3.63) is 35.9 Å². The highest BCUT2D eigenvalue weighted by Crippen LogP contribution is 2.64. The van der Waals surface area contributed by atoms with E-state index in [1.165, 1.54) is 0 Å². The molecule has 1 aromatic carbocycles. The number of rotatable bonds is 10. The van der Waals surface area contributed by atoms with Crippen LogP contribution in [0.25, 0.3) is 0 Å². The number of hydrogen-bond donors (Lipinski definition) is 3. The van der Waals surface area contributed by atoms with Crippen LogP contribution in [-0.4, -0.2) is 64.2 Å². The second-order valence-corrected chi connectivity index (χ2v) is 10.2. The molecule has 3 aliphatic heterocycles. The lowest BCUT2D eigenvalue weighted by Gasteiger charge is -2.34. The van der Waals surface area contributed by atoms with Crippen LogP contribution in [0.4, 0.5) is 0 Å². The third-order valence-electron chi connectivity index (χ3n) is 7.76. The van der Waals surface area contributed by atoms with Gasteiger partial charge in [0.25, 0.3) is 0 Å². The normalized spacial score (nSPS) is 31.7. The van der Waals surface area contributed by atoms with Crippen molar-refractivity contribution >= 4 is 17.7 Å². The van der Waals surface area contributed by atoms with Gasteiger partial charge in [0.2, 0.25) is 17.7 Å². The molecule has 0 radical (unpaired) electrons. The van der Waals surface area contributed by atoms with Gasteiger partial charge in [0, 0.05) is 25.7 Å². The van der Waals surface area contributed by atoms with Crippen molar-refractivity contribution in [3.63, 3.8) is 0 Å². The summed E-state index contributed by atoms with van der Waals surface area (Å²) < 4.78 is 6.70. The zero-order chi connectivity index (χ0) is 24.5. The number of carbonyl (C=O) groups excluding carboxylic acids is 3. The molecule has 0 saturated carbocycles. The number of likely N-dealkylation sites (tertiary alicyclic amines) is 1. The van der Waals surface area contributed by atoms with Gasteiger partial charge in [-0.2, -0.15) is 0 Å². The van der Waals surface area contributed by atoms with Crippen LogP contribution in [0.5, 0.6) is 0 Å². The molecular formula is C26H37N3O5. The summed E-state index contributed by atoms with van der Waals surface area (Å²) in [5.74, 6) is -1.93. The number of unbranched alkanes of at least 4 members (excludes halogenated alkanes) is 1. The fraction of sp³-hybridized carbons (Fsp3) is 0.654. The number of aliphatic hydroxyl groups is 1. The van der Waals surface area contributed by atoms with Crippen LogP contribution in [0.15, 0.2) is 30.3 Å². The first-order valence-corrected chi connectivity index (χ1v) is 12.5. The van der Waals surface area contributed by atoms with Crippen LogP contribution >= 0.6 is 0 Å². The zero-order valence-corrected chi connectivity index (χ0v) is 20.4. The average molecular weight is 472 g/mol. The molecule has 2 bridgehead atoms. The number of nitrogens with one attached hydrogen (secondary N) is 2. The summed E-state index contributed by atoms with van der Waals surface area (Å²) in [6.07, 6.45) is 2.95. The summed E-state index contributed by atoms with van der Waals surface area (Å²) >= 11 is 0. The highest BCUT2D eigenvalue weighted by molar-refractivity contribution is 5.99. The fourth-order valence-electron chi connectivity index (χ4n) is 6.31. The van der Waals surface area contributed by atoms with E-state index in [-0.39, 0.29) is 30.4 Å². The van der Waals surface area contributed by atoms with Gasteiger partial charge in [-0.25, -0.2) is 0 Å². The van der Waals surface area contributed by atoms with Crippen molar-refractivity contribution in [2.75, 3.05) is 13.2 Å². The smallest absolute Gasteiger partial charge is 0.246 e. The average Bonchev–Trinajstić information content (AvgIpc) is 3.42. The summed E-state index contributed by atoms with van der Waals surface area (Å²) in [5, 5.41) is 15.2. The Bertz CT molecular complexity index is 922. The topological polar surface area (TPSA) is 108 Å². The molecule has 5 atom stereocenters. The Morgan fingerprint density at radius 1 is 1.18 bits per heavy atom. The lowest BCUT2D eigenvalue weighted by atomic mass is 9.65. The molecule has 3 N–H and O–H groups in total. The summed E-state index contributed by atoms with van der Waals surface area (Å²) in [4.78, 5) is 42.4. The van der Waals surface area contributed by atoms with Crippen molar-refractivity contribution in [1.29, 1.82) is 0 Å². The lowest BCUT2D eigenvalue weighted by Crippen LogP contribution is -2.56. The Morgan fingerprint density at radius 2 is 1.91 bits per heavy atom. The Morgan fingerprint density at radius 3 is 2.56 bits per heavy atom. The zero-order valence-electron chi connectivity index (χ0n) is 20.4. The molecular weight excluding hydrogens is 434 g/mol. The van der Waals surface area contributed by atoms with E-state index in [9.17, 15) is 19.5 Å². The number of fused-ring (bicyclic) bond motifs is 1. The summed E-state index contributed by atoms with van der Waals surface area (Å²) in [7, 11) is 0. The molecule has 8 heteroatoms. The Labute approximate surface area is 201 Å². The number of carbonyl (C=O) groups is 3. The van der Waals surface area contributed by atoms with Crippen molar-refractivity contribution in [2.24, 2.45) is 11.8 Å².